The second kappa shape index (κ2) is 5.76. The molecule has 1 aromatic carbocycles. The van der Waals surface area contributed by atoms with Crippen LogP contribution in [0.15, 0.2) is 36.0 Å². The van der Waals surface area contributed by atoms with Crippen LogP contribution in [0.1, 0.15) is 32.7 Å². The number of fused-ring (bicyclic) bond motifs is 1. The van der Waals surface area contributed by atoms with Crippen molar-refractivity contribution in [2.24, 2.45) is 0 Å². The third kappa shape index (κ3) is 2.78. The number of benzene rings is 1. The highest BCUT2D eigenvalue weighted by atomic mass is 19.4. The standard InChI is InChI=1S/C17H12F3NO3/c18-17(19,20)13-2-1-3-21-14(13)6-10-4-9-5-11(8-22)15(23)7-12(9)16(10)24/h1-3,5-7,22-23H,4,8H2/b10-6+. The van der Waals surface area contributed by atoms with Gasteiger partial charge in [-0.2, -0.15) is 13.2 Å². The third-order valence-electron chi connectivity index (χ3n) is 3.85. The van der Waals surface area contributed by atoms with Gasteiger partial charge in [0.05, 0.1) is 17.9 Å². The lowest BCUT2D eigenvalue weighted by Crippen LogP contribution is -2.09. The van der Waals surface area contributed by atoms with Crippen molar-refractivity contribution in [1.29, 1.82) is 0 Å². The average Bonchev–Trinajstić information content (AvgIpc) is 2.82. The fourth-order valence-electron chi connectivity index (χ4n) is 2.68. The van der Waals surface area contributed by atoms with Crippen LogP contribution in [-0.2, 0) is 19.2 Å². The molecule has 124 valence electrons. The number of allylic oxidation sites excluding steroid dienone is 1. The quantitative estimate of drug-likeness (QED) is 0.827. The lowest BCUT2D eigenvalue weighted by Gasteiger charge is -2.09. The van der Waals surface area contributed by atoms with Gasteiger partial charge in [0.25, 0.3) is 0 Å². The number of aromatic nitrogens is 1. The zero-order valence-corrected chi connectivity index (χ0v) is 12.3. The van der Waals surface area contributed by atoms with E-state index in [-0.39, 0.29) is 34.6 Å². The first kappa shape index (κ1) is 16.2. The van der Waals surface area contributed by atoms with Crippen LogP contribution in [0, 0.1) is 0 Å². The van der Waals surface area contributed by atoms with Crippen LogP contribution in [0.5, 0.6) is 5.75 Å². The highest BCUT2D eigenvalue weighted by Crippen LogP contribution is 2.35. The molecule has 1 aliphatic carbocycles. The molecule has 0 radical (unpaired) electrons. The molecule has 1 aromatic heterocycles. The Morgan fingerprint density at radius 3 is 2.71 bits per heavy atom. The van der Waals surface area contributed by atoms with Gasteiger partial charge in [-0.25, -0.2) is 0 Å². The van der Waals surface area contributed by atoms with E-state index in [9.17, 15) is 23.1 Å². The van der Waals surface area contributed by atoms with Gasteiger partial charge in [-0.3, -0.25) is 9.78 Å². The maximum Gasteiger partial charge on any atom is 0.418 e. The van der Waals surface area contributed by atoms with Crippen molar-refractivity contribution in [3.8, 4) is 5.75 Å². The van der Waals surface area contributed by atoms with E-state index in [1.54, 1.807) is 0 Å². The van der Waals surface area contributed by atoms with Crippen LogP contribution in [0.25, 0.3) is 6.08 Å². The van der Waals surface area contributed by atoms with E-state index in [0.29, 0.717) is 5.56 Å². The van der Waals surface area contributed by atoms with Crippen molar-refractivity contribution < 1.29 is 28.2 Å². The lowest BCUT2D eigenvalue weighted by molar-refractivity contribution is -0.138. The van der Waals surface area contributed by atoms with Gasteiger partial charge < -0.3 is 10.2 Å². The number of phenols is 1. The molecule has 0 aliphatic heterocycles. The number of aliphatic hydroxyl groups excluding tert-OH is 1. The van der Waals surface area contributed by atoms with Crippen molar-refractivity contribution in [1.82, 2.24) is 4.98 Å². The zero-order chi connectivity index (χ0) is 17.5. The Labute approximate surface area is 134 Å². The Kier molecular flexibility index (Phi) is 3.88. The maximum absolute atomic E-state index is 13.0. The normalized spacial score (nSPS) is 15.8. The number of pyridine rings is 1. The number of rotatable bonds is 2. The number of alkyl halides is 3. The molecular formula is C17H12F3NO3. The third-order valence-corrected chi connectivity index (χ3v) is 3.85. The van der Waals surface area contributed by atoms with Crippen molar-refractivity contribution in [2.45, 2.75) is 19.2 Å². The van der Waals surface area contributed by atoms with Gasteiger partial charge in [0, 0.05) is 29.3 Å². The zero-order valence-electron chi connectivity index (χ0n) is 12.3. The minimum atomic E-state index is -4.57. The van der Waals surface area contributed by atoms with Gasteiger partial charge in [0.15, 0.2) is 5.78 Å². The van der Waals surface area contributed by atoms with Crippen molar-refractivity contribution in [3.05, 3.63) is 64.0 Å². The summed E-state index contributed by atoms with van der Waals surface area (Å²) in [5, 5.41) is 18.9. The number of aromatic hydroxyl groups is 1. The second-order valence-corrected chi connectivity index (χ2v) is 5.41. The van der Waals surface area contributed by atoms with Gasteiger partial charge >= 0.3 is 6.18 Å². The van der Waals surface area contributed by atoms with E-state index in [1.807, 2.05) is 0 Å². The molecule has 0 amide bonds. The van der Waals surface area contributed by atoms with Crippen molar-refractivity contribution in [3.63, 3.8) is 0 Å². The Morgan fingerprint density at radius 1 is 1.29 bits per heavy atom. The average molecular weight is 335 g/mol. The summed E-state index contributed by atoms with van der Waals surface area (Å²) in [4.78, 5) is 16.1. The van der Waals surface area contributed by atoms with Gasteiger partial charge in [-0.05, 0) is 35.9 Å². The number of carbonyl (C=O) groups excluding carboxylic acids is 1. The number of halogens is 3. The molecule has 0 spiro atoms. The molecule has 0 unspecified atom stereocenters. The lowest BCUT2D eigenvalue weighted by atomic mass is 10.1. The van der Waals surface area contributed by atoms with E-state index >= 15 is 0 Å². The molecule has 0 saturated carbocycles. The minimum Gasteiger partial charge on any atom is -0.508 e. The molecule has 0 atom stereocenters. The molecule has 2 N–H and O–H groups in total. The number of aliphatic hydroxyl groups is 1. The first-order chi connectivity index (χ1) is 11.3. The Hall–Kier alpha value is -2.67. The molecule has 0 saturated heterocycles. The first-order valence-corrected chi connectivity index (χ1v) is 7.04. The van der Waals surface area contributed by atoms with E-state index in [4.69, 9.17) is 5.11 Å². The highest BCUT2D eigenvalue weighted by molar-refractivity contribution is 6.15. The maximum atomic E-state index is 13.0. The van der Waals surface area contributed by atoms with Crippen LogP contribution in [0.4, 0.5) is 13.2 Å². The van der Waals surface area contributed by atoms with E-state index < -0.39 is 24.1 Å². The van der Waals surface area contributed by atoms with Crippen LogP contribution < -0.4 is 0 Å². The number of Topliss-reactive ketones (excluding diaryl/α,β-unsaturated/α-hetero) is 1. The van der Waals surface area contributed by atoms with E-state index in [1.165, 1.54) is 24.4 Å². The Morgan fingerprint density at radius 2 is 2.04 bits per heavy atom. The summed E-state index contributed by atoms with van der Waals surface area (Å²) in [7, 11) is 0. The molecule has 1 aliphatic rings. The Balaban J connectivity index is 2.04. The first-order valence-electron chi connectivity index (χ1n) is 7.04. The molecule has 1 heterocycles. The summed E-state index contributed by atoms with van der Waals surface area (Å²) in [5.41, 5.74) is -0.0498. The number of hydrogen-bond acceptors (Lipinski definition) is 4. The summed E-state index contributed by atoms with van der Waals surface area (Å²) in [6.07, 6.45) is -2.10. The topological polar surface area (TPSA) is 70.4 Å². The molecule has 2 aromatic rings. The van der Waals surface area contributed by atoms with E-state index in [0.717, 1.165) is 12.1 Å². The van der Waals surface area contributed by atoms with Crippen LogP contribution in [0.3, 0.4) is 0 Å². The summed E-state index contributed by atoms with van der Waals surface area (Å²) in [6, 6.07) is 4.79. The second-order valence-electron chi connectivity index (χ2n) is 5.41. The van der Waals surface area contributed by atoms with Gasteiger partial charge in [-0.1, -0.05) is 0 Å². The number of ketones is 1. The Bertz CT molecular complexity index is 857. The predicted molar refractivity (Wildman–Crippen MR) is 79.3 cm³/mol. The van der Waals surface area contributed by atoms with Crippen molar-refractivity contribution >= 4 is 11.9 Å². The molecule has 4 nitrogen and oxygen atoms in total. The summed E-state index contributed by atoms with van der Waals surface area (Å²) < 4.78 is 39.1. The van der Waals surface area contributed by atoms with Crippen LogP contribution >= 0.6 is 0 Å². The summed E-state index contributed by atoms with van der Waals surface area (Å²) in [6.45, 7) is -0.398. The minimum absolute atomic E-state index is 0.120. The fraction of sp³-hybridized carbons (Fsp3) is 0.176. The van der Waals surface area contributed by atoms with Crippen LogP contribution in [0.2, 0.25) is 0 Å². The van der Waals surface area contributed by atoms with E-state index in [2.05, 4.69) is 4.98 Å². The molecule has 3 rings (SSSR count). The fourth-order valence-corrected chi connectivity index (χ4v) is 2.68. The SMILES string of the molecule is O=C1/C(=C/c2ncccc2C(F)(F)F)Cc2cc(CO)c(O)cc21. The van der Waals surface area contributed by atoms with Crippen LogP contribution in [-0.4, -0.2) is 21.0 Å². The highest BCUT2D eigenvalue weighted by Gasteiger charge is 2.34. The number of carbonyl (C=O) groups is 1. The molecular weight excluding hydrogens is 323 g/mol. The monoisotopic (exact) mass is 335 g/mol. The molecule has 24 heavy (non-hydrogen) atoms. The number of hydrogen-bond donors (Lipinski definition) is 2. The smallest absolute Gasteiger partial charge is 0.418 e. The van der Waals surface area contributed by atoms with Gasteiger partial charge in [0.2, 0.25) is 0 Å². The molecule has 7 heteroatoms. The van der Waals surface area contributed by atoms with Gasteiger partial charge in [-0.15, -0.1) is 0 Å². The van der Waals surface area contributed by atoms with Crippen molar-refractivity contribution in [2.75, 3.05) is 0 Å². The molecule has 0 fully saturated rings. The predicted octanol–water partition coefficient (Wildman–Crippen LogP) is 3.12. The summed E-state index contributed by atoms with van der Waals surface area (Å²) >= 11 is 0. The summed E-state index contributed by atoms with van der Waals surface area (Å²) in [5.74, 6) is -0.678. The van der Waals surface area contributed by atoms with Gasteiger partial charge in [0.1, 0.15) is 5.75 Å². The number of nitrogens with zero attached hydrogens (tertiary/aromatic N) is 1. The molecule has 0 bridgehead atoms. The largest absolute Gasteiger partial charge is 0.508 e.